The van der Waals surface area contributed by atoms with Crippen LogP contribution in [0.15, 0.2) is 84.8 Å². The van der Waals surface area contributed by atoms with E-state index < -0.39 is 0 Å². The highest BCUT2D eigenvalue weighted by Gasteiger charge is 2.09. The van der Waals surface area contributed by atoms with Crippen molar-refractivity contribution in [2.24, 2.45) is 0 Å². The van der Waals surface area contributed by atoms with E-state index in [1.165, 1.54) is 0 Å². The molecule has 102 valence electrons. The number of rotatable bonds is 0. The van der Waals surface area contributed by atoms with Gasteiger partial charge in [0.05, 0.1) is 0 Å². The lowest BCUT2D eigenvalue weighted by molar-refractivity contribution is 0.949. The maximum absolute atomic E-state index is 4.65. The number of hydrogen-bond acceptors (Lipinski definition) is 6. The predicted molar refractivity (Wildman–Crippen MR) is 85.1 cm³/mol. The Balaban J connectivity index is 1.87. The van der Waals surface area contributed by atoms with Crippen molar-refractivity contribution in [1.82, 2.24) is 15.0 Å². The molecule has 0 saturated heterocycles. The van der Waals surface area contributed by atoms with Crippen molar-refractivity contribution in [2.75, 3.05) is 0 Å². The van der Waals surface area contributed by atoms with Crippen molar-refractivity contribution in [2.45, 2.75) is 30.2 Å². The van der Waals surface area contributed by atoms with Crippen molar-refractivity contribution in [3.05, 3.63) is 54.6 Å². The molecule has 1 aliphatic rings. The fraction of sp³-hybridized carbons (Fsp3) is 0. The fourth-order valence-corrected chi connectivity index (χ4v) is 4.41. The van der Waals surface area contributed by atoms with E-state index in [0.29, 0.717) is 0 Å². The van der Waals surface area contributed by atoms with Gasteiger partial charge in [-0.05, 0) is 36.4 Å². The average molecular weight is 327 g/mol. The van der Waals surface area contributed by atoms with Crippen molar-refractivity contribution in [3.8, 4) is 0 Å². The Labute approximate surface area is 135 Å². The molecule has 1 aliphatic heterocycles. The van der Waals surface area contributed by atoms with Crippen molar-refractivity contribution < 1.29 is 0 Å². The molecule has 0 N–H and O–H groups in total. The predicted octanol–water partition coefficient (Wildman–Crippen LogP) is 4.64. The van der Waals surface area contributed by atoms with Gasteiger partial charge >= 0.3 is 0 Å². The molecule has 4 heterocycles. The van der Waals surface area contributed by atoms with Gasteiger partial charge < -0.3 is 0 Å². The quantitative estimate of drug-likeness (QED) is 0.468. The van der Waals surface area contributed by atoms with Gasteiger partial charge in [0, 0.05) is 0 Å². The number of fused-ring (bicyclic) bond motifs is 6. The van der Waals surface area contributed by atoms with Gasteiger partial charge in [-0.15, -0.1) is 0 Å². The first-order valence-corrected chi connectivity index (χ1v) is 8.75. The van der Waals surface area contributed by atoms with Crippen LogP contribution in [0.3, 0.4) is 0 Å². The highest BCUT2D eigenvalue weighted by atomic mass is 32.2. The maximum atomic E-state index is 4.65. The van der Waals surface area contributed by atoms with E-state index in [1.54, 1.807) is 35.3 Å². The number of pyridine rings is 3. The van der Waals surface area contributed by atoms with Crippen LogP contribution in [-0.2, 0) is 0 Å². The highest BCUT2D eigenvalue weighted by Crippen LogP contribution is 2.34. The van der Waals surface area contributed by atoms with Gasteiger partial charge in [-0.25, -0.2) is 15.0 Å². The fourth-order valence-electron chi connectivity index (χ4n) is 1.85. The van der Waals surface area contributed by atoms with Gasteiger partial charge in [0.1, 0.15) is 30.2 Å². The molecule has 0 spiro atoms. The minimum absolute atomic E-state index is 0.950. The number of hydrogen-bond donors (Lipinski definition) is 0. The molecule has 0 fully saturated rings. The Hall–Kier alpha value is -1.50. The minimum Gasteiger partial charge on any atom is -0.234 e. The zero-order chi connectivity index (χ0) is 14.1. The second-order valence-electron chi connectivity index (χ2n) is 4.25. The van der Waals surface area contributed by atoms with Crippen LogP contribution >= 0.6 is 35.3 Å². The first kappa shape index (κ1) is 13.2. The summed E-state index contributed by atoms with van der Waals surface area (Å²) >= 11 is 4.75. The molecule has 0 aromatic carbocycles. The van der Waals surface area contributed by atoms with Crippen LogP contribution in [0, 0.1) is 0 Å². The first-order chi connectivity index (χ1) is 10.3. The standard InChI is InChI=1S/C15H9N3S3/c1-4-10-16-11(5-1)20-13-7-3-9-15(18-13)21-14-8-2-6-12(17-14)19-10/h1-9H. The summed E-state index contributed by atoms with van der Waals surface area (Å²) in [5.74, 6) is 0. The smallest absolute Gasteiger partial charge is 0.104 e. The lowest BCUT2D eigenvalue weighted by Gasteiger charge is -2.08. The third-order valence-electron chi connectivity index (χ3n) is 2.72. The van der Waals surface area contributed by atoms with Crippen molar-refractivity contribution in [1.29, 1.82) is 0 Å². The summed E-state index contributed by atoms with van der Waals surface area (Å²) in [6.07, 6.45) is 0. The molecule has 21 heavy (non-hydrogen) atoms. The van der Waals surface area contributed by atoms with Gasteiger partial charge in [0.25, 0.3) is 0 Å². The van der Waals surface area contributed by atoms with E-state index in [-0.39, 0.29) is 0 Å². The van der Waals surface area contributed by atoms with E-state index in [1.807, 2.05) is 54.6 Å². The summed E-state index contributed by atoms with van der Waals surface area (Å²) < 4.78 is 0. The molecule has 0 radical (unpaired) electrons. The summed E-state index contributed by atoms with van der Waals surface area (Å²) in [6.45, 7) is 0. The van der Waals surface area contributed by atoms with Crippen LogP contribution in [0.2, 0.25) is 0 Å². The van der Waals surface area contributed by atoms with Crippen LogP contribution in [0.1, 0.15) is 0 Å². The largest absolute Gasteiger partial charge is 0.234 e. The van der Waals surface area contributed by atoms with E-state index >= 15 is 0 Å². The molecule has 0 amide bonds. The van der Waals surface area contributed by atoms with Crippen molar-refractivity contribution in [3.63, 3.8) is 0 Å². The highest BCUT2D eigenvalue weighted by molar-refractivity contribution is 8.00. The first-order valence-electron chi connectivity index (χ1n) is 6.30. The van der Waals surface area contributed by atoms with Crippen LogP contribution in [0.5, 0.6) is 0 Å². The molecule has 6 heteroatoms. The summed E-state index contributed by atoms with van der Waals surface area (Å²) in [6, 6.07) is 18.1. The summed E-state index contributed by atoms with van der Waals surface area (Å²) in [5, 5.41) is 5.70. The third-order valence-corrected chi connectivity index (χ3v) is 5.34. The van der Waals surface area contributed by atoms with Gasteiger partial charge in [-0.1, -0.05) is 53.5 Å². The number of aromatic nitrogens is 3. The van der Waals surface area contributed by atoms with E-state index in [9.17, 15) is 0 Å². The molecule has 0 aliphatic carbocycles. The van der Waals surface area contributed by atoms with E-state index in [2.05, 4.69) is 15.0 Å². The second-order valence-corrected chi connectivity index (χ2v) is 7.37. The van der Waals surface area contributed by atoms with Crippen LogP contribution in [0.25, 0.3) is 0 Å². The molecule has 3 nitrogen and oxygen atoms in total. The molecule has 0 atom stereocenters. The normalized spacial score (nSPS) is 13.1. The molecule has 3 aromatic heterocycles. The van der Waals surface area contributed by atoms with Crippen LogP contribution < -0.4 is 0 Å². The Bertz CT molecular complexity index is 648. The molecule has 0 unspecified atom stereocenters. The molecule has 0 saturated carbocycles. The average Bonchev–Trinajstić information content (AvgIpc) is 2.47. The third kappa shape index (κ3) is 3.07. The molecule has 6 bridgehead atoms. The topological polar surface area (TPSA) is 38.7 Å². The Morgan fingerprint density at radius 1 is 0.429 bits per heavy atom. The zero-order valence-corrected chi connectivity index (χ0v) is 13.2. The van der Waals surface area contributed by atoms with E-state index in [0.717, 1.165) is 30.2 Å². The molecular formula is C15H9N3S3. The van der Waals surface area contributed by atoms with Crippen LogP contribution in [-0.4, -0.2) is 15.0 Å². The molecule has 3 aromatic rings. The van der Waals surface area contributed by atoms with Crippen LogP contribution in [0.4, 0.5) is 0 Å². The SMILES string of the molecule is c1cc2nc(c1)Sc1cccc(n1)Sc1cccc(n1)S2. The van der Waals surface area contributed by atoms with E-state index in [4.69, 9.17) is 0 Å². The summed E-state index contributed by atoms with van der Waals surface area (Å²) in [5.41, 5.74) is 0. The number of nitrogens with zero attached hydrogens (tertiary/aromatic N) is 3. The lowest BCUT2D eigenvalue weighted by atomic mass is 10.5. The lowest BCUT2D eigenvalue weighted by Crippen LogP contribution is -1.90. The Kier molecular flexibility index (Phi) is 3.58. The summed E-state index contributed by atoms with van der Waals surface area (Å²) in [7, 11) is 0. The van der Waals surface area contributed by atoms with Gasteiger partial charge in [0.15, 0.2) is 0 Å². The Morgan fingerprint density at radius 2 is 0.667 bits per heavy atom. The minimum atomic E-state index is 0.950. The Morgan fingerprint density at radius 3 is 0.905 bits per heavy atom. The summed E-state index contributed by atoms with van der Waals surface area (Å²) in [4.78, 5) is 14.0. The van der Waals surface area contributed by atoms with Gasteiger partial charge in [0.2, 0.25) is 0 Å². The van der Waals surface area contributed by atoms with Gasteiger partial charge in [-0.2, -0.15) is 0 Å². The zero-order valence-electron chi connectivity index (χ0n) is 10.8. The maximum Gasteiger partial charge on any atom is 0.104 e. The second kappa shape index (κ2) is 5.71. The monoisotopic (exact) mass is 327 g/mol. The van der Waals surface area contributed by atoms with Gasteiger partial charge in [-0.3, -0.25) is 0 Å². The molecular weight excluding hydrogens is 318 g/mol. The molecule has 4 rings (SSSR count). The van der Waals surface area contributed by atoms with Crippen molar-refractivity contribution >= 4 is 35.3 Å².